The summed E-state index contributed by atoms with van der Waals surface area (Å²) in [6.07, 6.45) is 0.952. The van der Waals surface area contributed by atoms with Crippen LogP contribution in [0.3, 0.4) is 0 Å². The van der Waals surface area contributed by atoms with E-state index in [1.807, 2.05) is 0 Å². The maximum absolute atomic E-state index is 13.2. The van der Waals surface area contributed by atoms with Gasteiger partial charge in [-0.2, -0.15) is 0 Å². The van der Waals surface area contributed by atoms with Crippen LogP contribution in [0.15, 0.2) is 42.5 Å². The van der Waals surface area contributed by atoms with Crippen molar-refractivity contribution in [3.8, 4) is 5.75 Å². The van der Waals surface area contributed by atoms with Crippen LogP contribution < -0.4 is 15.4 Å². The molecular weight excluding hydrogens is 842 g/mol. The average Bonchev–Trinajstić information content (AvgIpc) is 3.56. The number of imide groups is 2. The molecule has 0 radical (unpaired) electrons. The highest BCUT2D eigenvalue weighted by atomic mass is 16.6. The molecule has 356 valence electrons. The van der Waals surface area contributed by atoms with Crippen molar-refractivity contribution >= 4 is 35.6 Å². The molecule has 64 heavy (non-hydrogen) atoms. The second-order valence-electron chi connectivity index (χ2n) is 13.9. The Morgan fingerprint density at radius 3 is 1.38 bits per heavy atom. The predicted molar refractivity (Wildman–Crippen MR) is 228 cm³/mol. The second kappa shape index (κ2) is 33.1. The summed E-state index contributed by atoms with van der Waals surface area (Å²) in [6.45, 7) is 10.6. The van der Waals surface area contributed by atoms with Crippen LogP contribution in [0.25, 0.3) is 0 Å². The molecule has 20 heteroatoms. The van der Waals surface area contributed by atoms with Gasteiger partial charge in [0, 0.05) is 24.2 Å². The van der Waals surface area contributed by atoms with Crippen molar-refractivity contribution < 1.29 is 80.8 Å². The van der Waals surface area contributed by atoms with Crippen LogP contribution in [0.2, 0.25) is 0 Å². The van der Waals surface area contributed by atoms with Crippen LogP contribution in [0.5, 0.6) is 5.75 Å². The molecule has 2 N–H and O–H groups in total. The third kappa shape index (κ3) is 20.6. The molecule has 0 bridgehead atoms. The Kier molecular flexibility index (Phi) is 27.0. The first-order valence-electron chi connectivity index (χ1n) is 21.6. The van der Waals surface area contributed by atoms with Gasteiger partial charge in [-0.25, -0.2) is 0 Å². The molecule has 2 aliphatic heterocycles. The van der Waals surface area contributed by atoms with Crippen LogP contribution in [0.1, 0.15) is 43.9 Å². The van der Waals surface area contributed by atoms with Crippen molar-refractivity contribution in [2.75, 3.05) is 164 Å². The number of anilines is 1. The van der Waals surface area contributed by atoms with E-state index in [0.717, 1.165) is 11.2 Å². The zero-order valence-corrected chi connectivity index (χ0v) is 36.5. The van der Waals surface area contributed by atoms with Gasteiger partial charge in [-0.15, -0.1) is 0 Å². The largest absolute Gasteiger partial charge is 0.491 e. The molecule has 2 aromatic rings. The van der Waals surface area contributed by atoms with Gasteiger partial charge in [0.2, 0.25) is 11.8 Å². The summed E-state index contributed by atoms with van der Waals surface area (Å²) in [5.74, 6) is -1.49. The summed E-state index contributed by atoms with van der Waals surface area (Å²) < 4.78 is 66.1. The number of aldehydes is 1. The number of hydrogen-bond acceptors (Lipinski definition) is 18. The lowest BCUT2D eigenvalue weighted by Gasteiger charge is -2.27. The summed E-state index contributed by atoms with van der Waals surface area (Å²) in [4.78, 5) is 61.6. The third-order valence-electron chi connectivity index (χ3n) is 9.26. The molecular formula is C44H63N3O17. The maximum atomic E-state index is 13.2. The number of ether oxygens (including phenoxy) is 12. The number of piperidine rings is 1. The molecule has 1 saturated heterocycles. The Labute approximate surface area is 373 Å². The van der Waals surface area contributed by atoms with Gasteiger partial charge in [-0.3, -0.25) is 34.2 Å². The number of amides is 4. The number of nitrogens with zero attached hydrogens (tertiary/aromatic N) is 1. The van der Waals surface area contributed by atoms with Crippen LogP contribution in [0, 0.1) is 0 Å². The fourth-order valence-electron chi connectivity index (χ4n) is 6.08. The highest BCUT2D eigenvalue weighted by Crippen LogP contribution is 2.32. The summed E-state index contributed by atoms with van der Waals surface area (Å²) in [5.41, 5.74) is 1.50. The lowest BCUT2D eigenvalue weighted by Crippen LogP contribution is -2.54. The molecule has 1 unspecified atom stereocenters. The van der Waals surface area contributed by atoms with E-state index in [9.17, 15) is 24.0 Å². The Morgan fingerprint density at radius 2 is 0.953 bits per heavy atom. The van der Waals surface area contributed by atoms with E-state index < -0.39 is 29.7 Å². The molecule has 0 spiro atoms. The second-order valence-corrected chi connectivity index (χ2v) is 13.9. The van der Waals surface area contributed by atoms with Crippen molar-refractivity contribution in [2.24, 2.45) is 0 Å². The first-order valence-corrected chi connectivity index (χ1v) is 21.6. The van der Waals surface area contributed by atoms with E-state index in [4.69, 9.17) is 56.8 Å². The van der Waals surface area contributed by atoms with Crippen LogP contribution in [-0.2, 0) is 61.7 Å². The van der Waals surface area contributed by atoms with Gasteiger partial charge in [0.25, 0.3) is 11.8 Å². The third-order valence-corrected chi connectivity index (χ3v) is 9.26. The Morgan fingerprint density at radius 1 is 0.531 bits per heavy atom. The summed E-state index contributed by atoms with van der Waals surface area (Å²) >= 11 is 0. The molecule has 0 aliphatic carbocycles. The molecule has 20 nitrogen and oxygen atoms in total. The van der Waals surface area contributed by atoms with Gasteiger partial charge < -0.3 is 62.2 Å². The van der Waals surface area contributed by atoms with E-state index in [1.165, 1.54) is 0 Å². The van der Waals surface area contributed by atoms with Crippen molar-refractivity contribution in [1.29, 1.82) is 0 Å². The quantitative estimate of drug-likeness (QED) is 0.0550. The molecule has 4 amide bonds. The fourth-order valence-corrected chi connectivity index (χ4v) is 6.08. The summed E-state index contributed by atoms with van der Waals surface area (Å²) in [5, 5.41) is 5.33. The predicted octanol–water partition coefficient (Wildman–Crippen LogP) is 1.57. The summed E-state index contributed by atoms with van der Waals surface area (Å²) in [7, 11) is 0. The number of benzene rings is 2. The van der Waals surface area contributed by atoms with Crippen molar-refractivity contribution in [1.82, 2.24) is 10.2 Å². The zero-order valence-electron chi connectivity index (χ0n) is 36.5. The molecule has 0 saturated carbocycles. The molecule has 1 atom stereocenters. The molecule has 2 aromatic carbocycles. The molecule has 1 fully saturated rings. The topological polar surface area (TPSA) is 223 Å². The van der Waals surface area contributed by atoms with Crippen LogP contribution >= 0.6 is 0 Å². The lowest BCUT2D eigenvalue weighted by molar-refractivity contribution is -0.136. The Balaban J connectivity index is 0.797. The smallest absolute Gasteiger partial charge is 0.264 e. The minimum Gasteiger partial charge on any atom is -0.491 e. The number of fused-ring (bicyclic) bond motifs is 1. The van der Waals surface area contributed by atoms with Gasteiger partial charge in [-0.1, -0.05) is 6.07 Å². The minimum atomic E-state index is -1.02. The first-order chi connectivity index (χ1) is 31.5. The van der Waals surface area contributed by atoms with Crippen molar-refractivity contribution in [3.05, 3.63) is 59.2 Å². The molecule has 2 heterocycles. The van der Waals surface area contributed by atoms with Crippen LogP contribution in [0.4, 0.5) is 5.69 Å². The van der Waals surface area contributed by atoms with Gasteiger partial charge >= 0.3 is 0 Å². The monoisotopic (exact) mass is 905 g/mol. The summed E-state index contributed by atoms with van der Waals surface area (Å²) in [6, 6.07) is 10.8. The van der Waals surface area contributed by atoms with Crippen molar-refractivity contribution in [2.45, 2.75) is 18.9 Å². The van der Waals surface area contributed by atoms with E-state index in [0.29, 0.717) is 176 Å². The Hall–Kier alpha value is -4.45. The normalized spacial score (nSPS) is 14.9. The van der Waals surface area contributed by atoms with E-state index >= 15 is 0 Å². The van der Waals surface area contributed by atoms with Crippen molar-refractivity contribution in [3.63, 3.8) is 0 Å². The number of nitrogens with one attached hydrogen (secondary N) is 2. The average molecular weight is 906 g/mol. The van der Waals surface area contributed by atoms with Gasteiger partial charge in [0.15, 0.2) is 0 Å². The van der Waals surface area contributed by atoms with Gasteiger partial charge in [0.05, 0.1) is 156 Å². The van der Waals surface area contributed by atoms with E-state index in [2.05, 4.69) is 10.6 Å². The zero-order chi connectivity index (χ0) is 45.3. The maximum Gasteiger partial charge on any atom is 0.264 e. The fraction of sp³-hybridized carbons (Fsp3) is 0.614. The standard InChI is InChI=1S/C44H63N3O17/c48-34-35-4-6-36(7-5-35)64-33-32-63-31-30-62-29-28-61-27-26-60-25-24-59-23-22-58-21-20-57-19-18-56-17-16-55-15-14-54-13-12-53-11-10-45-38-3-1-2-37-41(38)44(52)47(43(37)51)39-8-9-40(49)46-42(39)50/h1-7,34,39,45H,8-33H2,(H,46,49,50). The number of carbonyl (C=O) groups is 5. The molecule has 0 aromatic heterocycles. The van der Waals surface area contributed by atoms with Gasteiger partial charge in [0.1, 0.15) is 24.7 Å². The highest BCUT2D eigenvalue weighted by Gasteiger charge is 2.45. The molecule has 4 rings (SSSR count). The Bertz CT molecular complexity index is 1650. The first kappa shape index (κ1) is 52.2. The van der Waals surface area contributed by atoms with E-state index in [1.54, 1.807) is 42.5 Å². The SMILES string of the molecule is O=Cc1ccc(OCCOCCOCCOCCOCCOCCOCCOCCOCCOCCOCCOCCNc2cccc3c2C(=O)N(C2CCC(=O)NC2=O)C3=O)cc1. The lowest BCUT2D eigenvalue weighted by atomic mass is 10.0. The van der Waals surface area contributed by atoms with Crippen LogP contribution in [-0.4, -0.2) is 199 Å². The number of carbonyl (C=O) groups excluding carboxylic acids is 5. The highest BCUT2D eigenvalue weighted by molar-refractivity contribution is 6.25. The van der Waals surface area contributed by atoms with E-state index in [-0.39, 0.29) is 24.0 Å². The molecule has 2 aliphatic rings. The number of rotatable bonds is 40. The number of hydrogen-bond donors (Lipinski definition) is 2. The van der Waals surface area contributed by atoms with Gasteiger partial charge in [-0.05, 0) is 42.8 Å². The minimum absolute atomic E-state index is 0.0615.